The van der Waals surface area contributed by atoms with E-state index in [4.69, 9.17) is 4.74 Å². The van der Waals surface area contributed by atoms with Gasteiger partial charge in [0.1, 0.15) is 18.7 Å². The first-order valence-corrected chi connectivity index (χ1v) is 8.98. The minimum atomic E-state index is -0.749. The van der Waals surface area contributed by atoms with Gasteiger partial charge in [-0.1, -0.05) is 58.0 Å². The maximum Gasteiger partial charge on any atom is 0.328 e. The van der Waals surface area contributed by atoms with Crippen LogP contribution in [0.5, 0.6) is 0 Å². The van der Waals surface area contributed by atoms with Crippen molar-refractivity contribution in [3.63, 3.8) is 0 Å². The topological polar surface area (TPSA) is 84.5 Å². The number of carbonyl (C=O) groups is 3. The Morgan fingerprint density at radius 3 is 2.12 bits per heavy atom. The molecular formula is C20H30N2O4. The normalized spacial score (nSPS) is 13.2. The standard InChI is InChI=1S/C20H30N2O4/c1-13(2)11-17(20(25)26-12-16-9-7-6-8-10-16)22-19(24)18(14(3)4)21-15(5)23/h6-10,13-14,17-18H,11-12H2,1-5H3,(H,21,23)(H,22,24)/t17-,18-/m0/s1. The lowest BCUT2D eigenvalue weighted by Crippen LogP contribution is -2.53. The predicted molar refractivity (Wildman–Crippen MR) is 100 cm³/mol. The Balaban J connectivity index is 2.76. The van der Waals surface area contributed by atoms with Crippen molar-refractivity contribution in [3.8, 4) is 0 Å². The molecule has 26 heavy (non-hydrogen) atoms. The van der Waals surface area contributed by atoms with Crippen molar-refractivity contribution in [3.05, 3.63) is 35.9 Å². The van der Waals surface area contributed by atoms with Gasteiger partial charge in [-0.15, -0.1) is 0 Å². The van der Waals surface area contributed by atoms with Crippen LogP contribution in [0.4, 0.5) is 0 Å². The fourth-order valence-electron chi connectivity index (χ4n) is 2.53. The lowest BCUT2D eigenvalue weighted by molar-refractivity contribution is -0.150. The maximum atomic E-state index is 12.6. The van der Waals surface area contributed by atoms with Crippen LogP contribution in [0.15, 0.2) is 30.3 Å². The van der Waals surface area contributed by atoms with Crippen LogP contribution in [0.3, 0.4) is 0 Å². The van der Waals surface area contributed by atoms with Gasteiger partial charge in [-0.25, -0.2) is 4.79 Å². The summed E-state index contributed by atoms with van der Waals surface area (Å²) in [7, 11) is 0. The summed E-state index contributed by atoms with van der Waals surface area (Å²) >= 11 is 0. The van der Waals surface area contributed by atoms with Crippen LogP contribution in [-0.4, -0.2) is 29.9 Å². The minimum Gasteiger partial charge on any atom is -0.459 e. The minimum absolute atomic E-state index is 0.0982. The van der Waals surface area contributed by atoms with Gasteiger partial charge in [0.2, 0.25) is 11.8 Å². The number of amides is 2. The van der Waals surface area contributed by atoms with Crippen molar-refractivity contribution in [2.45, 2.75) is 59.7 Å². The average Bonchev–Trinajstić information content (AvgIpc) is 2.57. The summed E-state index contributed by atoms with van der Waals surface area (Å²) in [5.41, 5.74) is 0.883. The third kappa shape index (κ3) is 7.68. The highest BCUT2D eigenvalue weighted by atomic mass is 16.5. The molecule has 6 heteroatoms. The van der Waals surface area contributed by atoms with E-state index in [0.717, 1.165) is 5.56 Å². The van der Waals surface area contributed by atoms with Crippen molar-refractivity contribution in [2.24, 2.45) is 11.8 Å². The Labute approximate surface area is 155 Å². The lowest BCUT2D eigenvalue weighted by Gasteiger charge is -2.25. The highest BCUT2D eigenvalue weighted by Gasteiger charge is 2.29. The van der Waals surface area contributed by atoms with Crippen molar-refractivity contribution in [1.29, 1.82) is 0 Å². The number of esters is 1. The molecule has 1 rings (SSSR count). The molecule has 1 aromatic carbocycles. The van der Waals surface area contributed by atoms with Crippen LogP contribution < -0.4 is 10.6 Å². The Bertz CT molecular complexity index is 599. The second-order valence-electron chi connectivity index (χ2n) is 7.21. The zero-order chi connectivity index (χ0) is 19.7. The molecule has 0 saturated heterocycles. The van der Waals surface area contributed by atoms with Crippen LogP contribution in [0.25, 0.3) is 0 Å². The molecule has 0 spiro atoms. The molecule has 0 radical (unpaired) electrons. The van der Waals surface area contributed by atoms with Crippen molar-refractivity contribution >= 4 is 17.8 Å². The molecule has 0 saturated carbocycles. The van der Waals surface area contributed by atoms with Gasteiger partial charge in [-0.05, 0) is 23.8 Å². The summed E-state index contributed by atoms with van der Waals surface area (Å²) in [4.78, 5) is 36.4. The van der Waals surface area contributed by atoms with E-state index in [9.17, 15) is 14.4 Å². The van der Waals surface area contributed by atoms with E-state index in [1.54, 1.807) is 0 Å². The monoisotopic (exact) mass is 362 g/mol. The van der Waals surface area contributed by atoms with E-state index in [-0.39, 0.29) is 30.3 Å². The van der Waals surface area contributed by atoms with Crippen LogP contribution in [-0.2, 0) is 25.7 Å². The zero-order valence-corrected chi connectivity index (χ0v) is 16.2. The molecule has 2 atom stereocenters. The van der Waals surface area contributed by atoms with E-state index in [0.29, 0.717) is 6.42 Å². The van der Waals surface area contributed by atoms with Crippen molar-refractivity contribution in [2.75, 3.05) is 0 Å². The fourth-order valence-corrected chi connectivity index (χ4v) is 2.53. The average molecular weight is 362 g/mol. The molecule has 0 aliphatic heterocycles. The molecule has 0 bridgehead atoms. The van der Waals surface area contributed by atoms with Crippen LogP contribution >= 0.6 is 0 Å². The highest BCUT2D eigenvalue weighted by Crippen LogP contribution is 2.10. The summed E-state index contributed by atoms with van der Waals surface area (Å²) in [5.74, 6) is -1.04. The molecule has 144 valence electrons. The number of hydrogen-bond donors (Lipinski definition) is 2. The second kappa shape index (κ2) is 10.6. The zero-order valence-electron chi connectivity index (χ0n) is 16.2. The van der Waals surface area contributed by atoms with Gasteiger partial charge < -0.3 is 15.4 Å². The molecule has 1 aromatic rings. The smallest absolute Gasteiger partial charge is 0.328 e. The molecule has 0 aliphatic carbocycles. The molecule has 2 N–H and O–H groups in total. The highest BCUT2D eigenvalue weighted by molar-refractivity contribution is 5.90. The van der Waals surface area contributed by atoms with E-state index in [2.05, 4.69) is 10.6 Å². The summed E-state index contributed by atoms with van der Waals surface area (Å²) in [6.45, 7) is 9.14. The largest absolute Gasteiger partial charge is 0.459 e. The Hall–Kier alpha value is -2.37. The molecule has 0 aliphatic rings. The van der Waals surface area contributed by atoms with Crippen LogP contribution in [0.2, 0.25) is 0 Å². The maximum absolute atomic E-state index is 12.6. The number of benzene rings is 1. The number of hydrogen-bond acceptors (Lipinski definition) is 4. The molecule has 0 heterocycles. The number of rotatable bonds is 9. The van der Waals surface area contributed by atoms with Gasteiger partial charge in [-0.3, -0.25) is 9.59 Å². The summed E-state index contributed by atoms with van der Waals surface area (Å²) in [5, 5.41) is 5.37. The number of ether oxygens (including phenoxy) is 1. The molecular weight excluding hydrogens is 332 g/mol. The van der Waals surface area contributed by atoms with Crippen LogP contribution in [0, 0.1) is 11.8 Å². The number of nitrogens with one attached hydrogen (secondary N) is 2. The van der Waals surface area contributed by atoms with Crippen LogP contribution in [0.1, 0.15) is 46.6 Å². The quantitative estimate of drug-likeness (QED) is 0.661. The number of carbonyl (C=O) groups excluding carboxylic acids is 3. The SMILES string of the molecule is CC(=O)N[C@H](C(=O)N[C@@H](CC(C)C)C(=O)OCc1ccccc1)C(C)C. The fraction of sp³-hybridized carbons (Fsp3) is 0.550. The van der Waals surface area contributed by atoms with E-state index >= 15 is 0 Å². The van der Waals surface area contributed by atoms with E-state index in [1.807, 2.05) is 58.0 Å². The third-order valence-electron chi connectivity index (χ3n) is 3.84. The van der Waals surface area contributed by atoms with Gasteiger partial charge >= 0.3 is 5.97 Å². The van der Waals surface area contributed by atoms with Gasteiger partial charge in [0.05, 0.1) is 0 Å². The molecule has 2 amide bonds. The second-order valence-corrected chi connectivity index (χ2v) is 7.21. The molecule has 6 nitrogen and oxygen atoms in total. The Morgan fingerprint density at radius 2 is 1.62 bits per heavy atom. The van der Waals surface area contributed by atoms with E-state index in [1.165, 1.54) is 6.92 Å². The van der Waals surface area contributed by atoms with Crippen molar-refractivity contribution < 1.29 is 19.1 Å². The summed E-state index contributed by atoms with van der Waals surface area (Å²) in [6.07, 6.45) is 0.463. The third-order valence-corrected chi connectivity index (χ3v) is 3.84. The molecule has 0 aromatic heterocycles. The first kappa shape index (κ1) is 21.7. The van der Waals surface area contributed by atoms with Gasteiger partial charge in [-0.2, -0.15) is 0 Å². The summed E-state index contributed by atoms with van der Waals surface area (Å²) < 4.78 is 5.37. The van der Waals surface area contributed by atoms with E-state index < -0.39 is 18.1 Å². The molecule has 0 unspecified atom stereocenters. The molecule has 0 fully saturated rings. The Morgan fingerprint density at radius 1 is 1.00 bits per heavy atom. The first-order valence-electron chi connectivity index (χ1n) is 8.98. The first-order chi connectivity index (χ1) is 12.2. The predicted octanol–water partition coefficient (Wildman–Crippen LogP) is 2.42. The van der Waals surface area contributed by atoms with Gasteiger partial charge in [0.25, 0.3) is 0 Å². The van der Waals surface area contributed by atoms with Gasteiger partial charge in [0, 0.05) is 6.92 Å². The lowest BCUT2D eigenvalue weighted by atomic mass is 10.0. The Kier molecular flexibility index (Phi) is 8.82. The summed E-state index contributed by atoms with van der Waals surface area (Å²) in [6, 6.07) is 7.93. The van der Waals surface area contributed by atoms with Crippen molar-refractivity contribution in [1.82, 2.24) is 10.6 Å². The van der Waals surface area contributed by atoms with Gasteiger partial charge in [0.15, 0.2) is 0 Å².